The highest BCUT2D eigenvalue weighted by atomic mass is 32.2. The van der Waals surface area contributed by atoms with Crippen LogP contribution in [0.2, 0.25) is 0 Å². The standard InChI is InChI=1S/C19H14F2N2O3S/c20-15-6-8-19(17(21)12-15)27(24,25)23-10-1-2-11-26-16-7-5-14-4-3-9-22-18(14)13-16/h3-9,12-13,23H,10-11H2. The molecule has 0 spiro atoms. The van der Waals surface area contributed by atoms with Crippen LogP contribution in [0.3, 0.4) is 0 Å². The number of fused-ring (bicyclic) bond motifs is 1. The number of pyridine rings is 1. The third-order valence-electron chi connectivity index (χ3n) is 3.55. The Labute approximate surface area is 155 Å². The number of halogens is 2. The van der Waals surface area contributed by atoms with Gasteiger partial charge in [0.25, 0.3) is 0 Å². The molecule has 1 heterocycles. The maximum atomic E-state index is 13.6. The lowest BCUT2D eigenvalue weighted by Gasteiger charge is -2.05. The number of benzene rings is 2. The van der Waals surface area contributed by atoms with Gasteiger partial charge in [-0.25, -0.2) is 17.2 Å². The Morgan fingerprint density at radius 2 is 1.93 bits per heavy atom. The first-order valence-electron chi connectivity index (χ1n) is 7.84. The third kappa shape index (κ3) is 4.78. The first-order chi connectivity index (χ1) is 13.0. The Morgan fingerprint density at radius 3 is 2.74 bits per heavy atom. The van der Waals surface area contributed by atoms with Crippen molar-refractivity contribution >= 4 is 20.9 Å². The van der Waals surface area contributed by atoms with Gasteiger partial charge >= 0.3 is 0 Å². The van der Waals surface area contributed by atoms with Gasteiger partial charge in [-0.1, -0.05) is 17.9 Å². The van der Waals surface area contributed by atoms with E-state index in [0.29, 0.717) is 11.8 Å². The summed E-state index contributed by atoms with van der Waals surface area (Å²) in [6.45, 7) is -0.188. The van der Waals surface area contributed by atoms with Crippen molar-refractivity contribution < 1.29 is 21.9 Å². The minimum Gasteiger partial charge on any atom is -0.481 e. The molecule has 5 nitrogen and oxygen atoms in total. The number of rotatable bonds is 5. The van der Waals surface area contributed by atoms with Crippen LogP contribution in [0.4, 0.5) is 8.78 Å². The first kappa shape index (κ1) is 18.8. The summed E-state index contributed by atoms with van der Waals surface area (Å²) in [5.41, 5.74) is 0.789. The van der Waals surface area contributed by atoms with Crippen molar-refractivity contribution in [3.05, 3.63) is 66.4 Å². The van der Waals surface area contributed by atoms with Gasteiger partial charge in [-0.15, -0.1) is 0 Å². The van der Waals surface area contributed by atoms with E-state index >= 15 is 0 Å². The van der Waals surface area contributed by atoms with E-state index in [9.17, 15) is 17.2 Å². The Kier molecular flexibility index (Phi) is 5.64. The summed E-state index contributed by atoms with van der Waals surface area (Å²) >= 11 is 0. The van der Waals surface area contributed by atoms with E-state index in [1.807, 2.05) is 18.2 Å². The van der Waals surface area contributed by atoms with Crippen LogP contribution in [0, 0.1) is 23.5 Å². The molecule has 0 aliphatic heterocycles. The summed E-state index contributed by atoms with van der Waals surface area (Å²) < 4.78 is 57.9. The Morgan fingerprint density at radius 1 is 1.07 bits per heavy atom. The lowest BCUT2D eigenvalue weighted by molar-refractivity contribution is 0.370. The summed E-state index contributed by atoms with van der Waals surface area (Å²) in [5, 5.41) is 0.985. The monoisotopic (exact) mass is 388 g/mol. The zero-order valence-corrected chi connectivity index (χ0v) is 14.8. The zero-order chi connectivity index (χ0) is 19.3. The van der Waals surface area contributed by atoms with Gasteiger partial charge in [0, 0.05) is 23.7 Å². The van der Waals surface area contributed by atoms with E-state index in [2.05, 4.69) is 21.5 Å². The molecule has 0 saturated carbocycles. The molecule has 0 saturated heterocycles. The summed E-state index contributed by atoms with van der Waals surface area (Å²) in [6.07, 6.45) is 1.68. The Balaban J connectivity index is 1.54. The SMILES string of the molecule is O=S(=O)(NCC#CCOc1ccc2cccnc2c1)c1ccc(F)cc1F. The molecular formula is C19H14F2N2O3S. The van der Waals surface area contributed by atoms with Crippen molar-refractivity contribution in [2.75, 3.05) is 13.2 Å². The quantitative estimate of drug-likeness (QED) is 0.683. The first-order valence-corrected chi connectivity index (χ1v) is 9.32. The van der Waals surface area contributed by atoms with E-state index < -0.39 is 26.6 Å². The number of hydrogen-bond donors (Lipinski definition) is 1. The molecule has 0 aliphatic carbocycles. The zero-order valence-electron chi connectivity index (χ0n) is 13.9. The largest absolute Gasteiger partial charge is 0.481 e. The third-order valence-corrected chi connectivity index (χ3v) is 4.98. The number of hydrogen-bond acceptors (Lipinski definition) is 4. The molecule has 0 aliphatic rings. The van der Waals surface area contributed by atoms with Crippen LogP contribution in [0.15, 0.2) is 59.6 Å². The van der Waals surface area contributed by atoms with Crippen LogP contribution >= 0.6 is 0 Å². The summed E-state index contributed by atoms with van der Waals surface area (Å²) in [5.74, 6) is 3.80. The molecule has 3 rings (SSSR count). The number of nitrogens with zero attached hydrogens (tertiary/aromatic N) is 1. The number of ether oxygens (including phenoxy) is 1. The van der Waals surface area contributed by atoms with Crippen molar-refractivity contribution in [2.45, 2.75) is 4.90 Å². The highest BCUT2D eigenvalue weighted by Crippen LogP contribution is 2.18. The van der Waals surface area contributed by atoms with Crippen LogP contribution < -0.4 is 9.46 Å². The molecule has 0 amide bonds. The summed E-state index contributed by atoms with van der Waals surface area (Å²) in [6, 6.07) is 11.4. The number of sulfonamides is 1. The Hall–Kier alpha value is -3.02. The highest BCUT2D eigenvalue weighted by Gasteiger charge is 2.18. The fourth-order valence-corrected chi connectivity index (χ4v) is 3.25. The predicted octanol–water partition coefficient (Wildman–Crippen LogP) is 2.87. The van der Waals surface area contributed by atoms with Crippen molar-refractivity contribution in [1.82, 2.24) is 9.71 Å². The van der Waals surface area contributed by atoms with Crippen molar-refractivity contribution in [2.24, 2.45) is 0 Å². The molecule has 0 radical (unpaired) electrons. The highest BCUT2D eigenvalue weighted by molar-refractivity contribution is 7.89. The van der Waals surface area contributed by atoms with E-state index in [0.717, 1.165) is 23.0 Å². The number of nitrogens with one attached hydrogen (secondary N) is 1. The van der Waals surface area contributed by atoms with Gasteiger partial charge in [0.15, 0.2) is 0 Å². The molecule has 0 bridgehead atoms. The van der Waals surface area contributed by atoms with E-state index in [1.165, 1.54) is 0 Å². The van der Waals surface area contributed by atoms with E-state index in [-0.39, 0.29) is 13.2 Å². The fourth-order valence-electron chi connectivity index (χ4n) is 2.27. The molecule has 138 valence electrons. The minimum atomic E-state index is -4.11. The normalized spacial score (nSPS) is 11.0. The molecule has 1 N–H and O–H groups in total. The van der Waals surface area contributed by atoms with Crippen LogP contribution in [0.5, 0.6) is 5.75 Å². The molecule has 27 heavy (non-hydrogen) atoms. The van der Waals surface area contributed by atoms with Crippen molar-refractivity contribution in [3.8, 4) is 17.6 Å². The fraction of sp³-hybridized carbons (Fsp3) is 0.105. The average molecular weight is 388 g/mol. The van der Waals surface area contributed by atoms with Gasteiger partial charge in [0.05, 0.1) is 12.1 Å². The van der Waals surface area contributed by atoms with E-state index in [4.69, 9.17) is 4.74 Å². The van der Waals surface area contributed by atoms with Gasteiger partial charge in [-0.2, -0.15) is 4.72 Å². The lowest BCUT2D eigenvalue weighted by atomic mass is 10.2. The van der Waals surface area contributed by atoms with Gasteiger partial charge in [0.1, 0.15) is 28.9 Å². The second-order valence-corrected chi connectivity index (χ2v) is 7.13. The van der Waals surface area contributed by atoms with Gasteiger partial charge in [0.2, 0.25) is 10.0 Å². The molecule has 0 unspecified atom stereocenters. The Bertz CT molecular complexity index is 1140. The summed E-state index contributed by atoms with van der Waals surface area (Å²) in [7, 11) is -4.11. The minimum absolute atomic E-state index is 0.0466. The smallest absolute Gasteiger partial charge is 0.244 e. The van der Waals surface area contributed by atoms with Crippen molar-refractivity contribution in [3.63, 3.8) is 0 Å². The predicted molar refractivity (Wildman–Crippen MR) is 96.6 cm³/mol. The second kappa shape index (κ2) is 8.12. The van der Waals surface area contributed by atoms with Gasteiger partial charge in [-0.3, -0.25) is 4.98 Å². The number of aromatic nitrogens is 1. The second-order valence-electron chi connectivity index (χ2n) is 5.40. The molecule has 1 aromatic heterocycles. The lowest BCUT2D eigenvalue weighted by Crippen LogP contribution is -2.25. The molecular weight excluding hydrogens is 374 g/mol. The molecule has 0 fully saturated rings. The maximum Gasteiger partial charge on any atom is 0.244 e. The van der Waals surface area contributed by atoms with Gasteiger partial charge < -0.3 is 4.74 Å². The van der Waals surface area contributed by atoms with Crippen LogP contribution in [-0.4, -0.2) is 26.6 Å². The van der Waals surface area contributed by atoms with Gasteiger partial charge in [-0.05, 0) is 30.3 Å². The molecule has 0 atom stereocenters. The van der Waals surface area contributed by atoms with Crippen LogP contribution in [0.1, 0.15) is 0 Å². The molecule has 2 aromatic carbocycles. The maximum absolute atomic E-state index is 13.6. The van der Waals surface area contributed by atoms with E-state index in [1.54, 1.807) is 18.3 Å². The molecule has 3 aromatic rings. The van der Waals surface area contributed by atoms with Crippen LogP contribution in [0.25, 0.3) is 10.9 Å². The topological polar surface area (TPSA) is 68.3 Å². The van der Waals surface area contributed by atoms with Crippen molar-refractivity contribution in [1.29, 1.82) is 0 Å². The average Bonchev–Trinajstić information content (AvgIpc) is 2.64. The molecule has 8 heteroatoms. The van der Waals surface area contributed by atoms with Crippen LogP contribution in [-0.2, 0) is 10.0 Å². The summed E-state index contributed by atoms with van der Waals surface area (Å²) in [4.78, 5) is 3.59.